The Morgan fingerprint density at radius 1 is 1.15 bits per heavy atom. The monoisotopic (exact) mass is 584 g/mol. The molecular formula is C31H31ClF2N2O5. The van der Waals surface area contributed by atoms with E-state index in [1.165, 1.54) is 31.3 Å². The molecule has 1 amide bonds. The smallest absolute Gasteiger partial charge is 0.410 e. The van der Waals surface area contributed by atoms with Crippen molar-refractivity contribution >= 4 is 17.7 Å². The van der Waals surface area contributed by atoms with Crippen molar-refractivity contribution in [2.45, 2.75) is 37.9 Å². The van der Waals surface area contributed by atoms with Gasteiger partial charge in [-0.3, -0.25) is 0 Å². The quantitative estimate of drug-likeness (QED) is 0.296. The van der Waals surface area contributed by atoms with Crippen molar-refractivity contribution in [1.29, 1.82) is 5.26 Å². The van der Waals surface area contributed by atoms with Crippen molar-refractivity contribution in [3.05, 3.63) is 81.9 Å². The number of carbonyl (C=O) groups is 1. The number of rotatable bonds is 7. The molecule has 3 aromatic carbocycles. The van der Waals surface area contributed by atoms with Crippen LogP contribution in [0.25, 0.3) is 11.1 Å². The molecule has 0 spiro atoms. The average Bonchev–Trinajstić information content (AvgIpc) is 3.22. The molecule has 0 aliphatic carbocycles. The number of nitrogens with zero attached hydrogens (tertiary/aromatic N) is 2. The van der Waals surface area contributed by atoms with Gasteiger partial charge in [-0.2, -0.15) is 5.26 Å². The third-order valence-corrected chi connectivity index (χ3v) is 7.26. The number of benzene rings is 3. The number of amides is 1. The summed E-state index contributed by atoms with van der Waals surface area (Å²) in [6.45, 7) is 5.25. The molecule has 1 aliphatic heterocycles. The first-order valence-corrected chi connectivity index (χ1v) is 13.2. The van der Waals surface area contributed by atoms with E-state index in [1.807, 2.05) is 36.4 Å². The second kappa shape index (κ2) is 11.6. The van der Waals surface area contributed by atoms with Gasteiger partial charge in [-0.1, -0.05) is 41.9 Å². The number of carbonyl (C=O) groups excluding carboxylic acids is 1. The van der Waals surface area contributed by atoms with Crippen LogP contribution in [0.4, 0.5) is 13.6 Å². The molecule has 0 fully saturated rings. The molecule has 4 rings (SSSR count). The molecule has 41 heavy (non-hydrogen) atoms. The fraction of sp³-hybridized carbons (Fsp3) is 0.355. The van der Waals surface area contributed by atoms with E-state index in [0.717, 1.165) is 6.07 Å². The summed E-state index contributed by atoms with van der Waals surface area (Å²) < 4.78 is 54.3. The zero-order chi connectivity index (χ0) is 30.1. The maximum absolute atomic E-state index is 15.9. The van der Waals surface area contributed by atoms with E-state index in [4.69, 9.17) is 30.5 Å². The van der Waals surface area contributed by atoms with E-state index >= 15 is 8.78 Å². The molecule has 2 atom stereocenters. The molecule has 10 heteroatoms. The SMILES string of the molecule is COCC1c2c(cc(F)c(Cl)c2-c2c(C#N)ccc(OC)c2F)OC1(CN(C)C(=O)OC(C)(C)C)c1ccccc1. The van der Waals surface area contributed by atoms with Gasteiger partial charge in [0, 0.05) is 36.9 Å². The summed E-state index contributed by atoms with van der Waals surface area (Å²) in [6, 6.07) is 14.9. The van der Waals surface area contributed by atoms with E-state index in [2.05, 4.69) is 0 Å². The normalized spacial score (nSPS) is 17.8. The third-order valence-electron chi connectivity index (χ3n) is 6.90. The zero-order valence-electron chi connectivity index (χ0n) is 23.7. The molecule has 2 unspecified atom stereocenters. The number of ether oxygens (including phenoxy) is 4. The molecule has 0 saturated heterocycles. The Balaban J connectivity index is 2.02. The number of methoxy groups -OCH3 is 2. The lowest BCUT2D eigenvalue weighted by Gasteiger charge is -2.38. The predicted octanol–water partition coefficient (Wildman–Crippen LogP) is 7.05. The van der Waals surface area contributed by atoms with Gasteiger partial charge in [-0.25, -0.2) is 13.6 Å². The number of hydrogen-bond donors (Lipinski definition) is 0. The maximum atomic E-state index is 15.9. The highest BCUT2D eigenvalue weighted by atomic mass is 35.5. The molecule has 216 valence electrons. The lowest BCUT2D eigenvalue weighted by molar-refractivity contribution is -0.0133. The number of halogens is 3. The van der Waals surface area contributed by atoms with E-state index in [-0.39, 0.29) is 46.4 Å². The Hall–Kier alpha value is -3.87. The Bertz CT molecular complexity index is 1500. The van der Waals surface area contributed by atoms with Gasteiger partial charge in [0.1, 0.15) is 17.2 Å². The fourth-order valence-corrected chi connectivity index (χ4v) is 5.45. The maximum Gasteiger partial charge on any atom is 0.410 e. The first-order chi connectivity index (χ1) is 19.4. The molecular weight excluding hydrogens is 554 g/mol. The Kier molecular flexibility index (Phi) is 8.48. The van der Waals surface area contributed by atoms with Crippen LogP contribution in [0.1, 0.15) is 43.4 Å². The summed E-state index contributed by atoms with van der Waals surface area (Å²) >= 11 is 6.57. The van der Waals surface area contributed by atoms with Crippen molar-refractivity contribution in [3.8, 4) is 28.7 Å². The van der Waals surface area contributed by atoms with E-state index < -0.39 is 34.8 Å². The predicted molar refractivity (Wildman–Crippen MR) is 150 cm³/mol. The van der Waals surface area contributed by atoms with Gasteiger partial charge >= 0.3 is 6.09 Å². The molecule has 0 aromatic heterocycles. The Labute approximate surface area is 243 Å². The third kappa shape index (κ3) is 5.54. The van der Waals surface area contributed by atoms with Crippen LogP contribution in [0.15, 0.2) is 48.5 Å². The first kappa shape index (κ1) is 30.1. The topological polar surface area (TPSA) is 81.0 Å². The van der Waals surface area contributed by atoms with Crippen LogP contribution in [0.2, 0.25) is 5.02 Å². The summed E-state index contributed by atoms with van der Waals surface area (Å²) in [4.78, 5) is 14.5. The van der Waals surface area contributed by atoms with Gasteiger partial charge in [-0.15, -0.1) is 0 Å². The van der Waals surface area contributed by atoms with Crippen molar-refractivity contribution in [1.82, 2.24) is 4.90 Å². The summed E-state index contributed by atoms with van der Waals surface area (Å²) in [7, 11) is 4.34. The molecule has 1 heterocycles. The van der Waals surface area contributed by atoms with Crippen molar-refractivity contribution < 1.29 is 32.5 Å². The van der Waals surface area contributed by atoms with Gasteiger partial charge in [0.25, 0.3) is 0 Å². The van der Waals surface area contributed by atoms with E-state index in [9.17, 15) is 10.1 Å². The highest BCUT2D eigenvalue weighted by Gasteiger charge is 2.53. The number of fused-ring (bicyclic) bond motifs is 1. The molecule has 0 N–H and O–H groups in total. The second-order valence-electron chi connectivity index (χ2n) is 10.8. The minimum absolute atomic E-state index is 0.0203. The summed E-state index contributed by atoms with van der Waals surface area (Å²) in [5.41, 5.74) is -1.43. The lowest BCUT2D eigenvalue weighted by Crippen LogP contribution is -2.49. The van der Waals surface area contributed by atoms with Crippen LogP contribution >= 0.6 is 11.6 Å². The molecule has 1 aliphatic rings. The molecule has 7 nitrogen and oxygen atoms in total. The minimum atomic E-state index is -1.33. The summed E-state index contributed by atoms with van der Waals surface area (Å²) in [5, 5.41) is 9.50. The van der Waals surface area contributed by atoms with Crippen molar-refractivity contribution in [2.75, 3.05) is 34.4 Å². The fourth-order valence-electron chi connectivity index (χ4n) is 5.20. The number of nitriles is 1. The van der Waals surface area contributed by atoms with Gasteiger partial charge < -0.3 is 23.8 Å². The van der Waals surface area contributed by atoms with Crippen LogP contribution in [0, 0.1) is 23.0 Å². The van der Waals surface area contributed by atoms with Gasteiger partial charge in [0.2, 0.25) is 0 Å². The number of likely N-dealkylation sites (N-methyl/N-ethyl adjacent to an activating group) is 1. The molecule has 0 bridgehead atoms. The molecule has 0 radical (unpaired) electrons. The number of hydrogen-bond acceptors (Lipinski definition) is 6. The Morgan fingerprint density at radius 2 is 1.83 bits per heavy atom. The van der Waals surface area contributed by atoms with E-state index in [0.29, 0.717) is 11.1 Å². The highest BCUT2D eigenvalue weighted by molar-refractivity contribution is 6.34. The van der Waals surface area contributed by atoms with Gasteiger partial charge in [0.05, 0.1) is 42.8 Å². The minimum Gasteiger partial charge on any atom is -0.494 e. The molecule has 0 saturated carbocycles. The van der Waals surface area contributed by atoms with E-state index in [1.54, 1.807) is 27.8 Å². The van der Waals surface area contributed by atoms with Gasteiger partial charge in [-0.05, 0) is 38.5 Å². The zero-order valence-corrected chi connectivity index (χ0v) is 24.4. The van der Waals surface area contributed by atoms with Crippen molar-refractivity contribution in [2.24, 2.45) is 0 Å². The second-order valence-corrected chi connectivity index (χ2v) is 11.2. The summed E-state index contributed by atoms with van der Waals surface area (Å²) in [6.07, 6.45) is -0.599. The van der Waals surface area contributed by atoms with Crippen molar-refractivity contribution in [3.63, 3.8) is 0 Å². The average molecular weight is 585 g/mol. The largest absolute Gasteiger partial charge is 0.494 e. The van der Waals surface area contributed by atoms with Crippen LogP contribution in [-0.4, -0.2) is 51.0 Å². The molecule has 3 aromatic rings. The summed E-state index contributed by atoms with van der Waals surface area (Å²) in [5.74, 6) is -2.54. The van der Waals surface area contributed by atoms with Crippen LogP contribution in [-0.2, 0) is 15.1 Å². The van der Waals surface area contributed by atoms with Gasteiger partial charge in [0.15, 0.2) is 17.2 Å². The first-order valence-electron chi connectivity index (χ1n) is 12.8. The van der Waals surface area contributed by atoms with Crippen LogP contribution in [0.5, 0.6) is 11.5 Å². The lowest BCUT2D eigenvalue weighted by atomic mass is 9.76. The standard InChI is InChI=1S/C31H31ClF2N2O5/c1-30(2,3)41-29(37)36(4)17-31(19-10-8-7-9-11-19)20(16-38-5)25-23(40-31)14-21(33)27(32)26(25)24-18(15-35)12-13-22(39-6)28(24)34/h7-14,20H,16-17H2,1-6H3. The highest BCUT2D eigenvalue weighted by Crippen LogP contribution is 2.57. The van der Waals surface area contributed by atoms with Crippen LogP contribution < -0.4 is 9.47 Å². The Morgan fingerprint density at radius 3 is 2.41 bits per heavy atom. The van der Waals surface area contributed by atoms with Crippen LogP contribution in [0.3, 0.4) is 0 Å².